The molecule has 0 N–H and O–H groups in total. The Morgan fingerprint density at radius 1 is 1.35 bits per heavy atom. The Kier molecular flexibility index (Phi) is 3.82. The molecule has 2 aromatic heterocycles. The molecule has 2 unspecified atom stereocenters. The van der Waals surface area contributed by atoms with Gasteiger partial charge in [-0.05, 0) is 6.42 Å². The van der Waals surface area contributed by atoms with Gasteiger partial charge in [0.1, 0.15) is 0 Å². The van der Waals surface area contributed by atoms with Crippen LogP contribution in [0.5, 0.6) is 0 Å². The molecule has 8 nitrogen and oxygen atoms in total. The molecule has 0 saturated carbocycles. The first-order chi connectivity index (χ1) is 12.2. The van der Waals surface area contributed by atoms with E-state index < -0.39 is 12.1 Å². The average molecular weight is 388 g/mol. The van der Waals surface area contributed by atoms with Gasteiger partial charge in [0.05, 0.1) is 23.2 Å². The highest BCUT2D eigenvalue weighted by Gasteiger charge is 2.46. The lowest BCUT2D eigenvalue weighted by atomic mass is 10.2. The Bertz CT molecular complexity index is 835. The third kappa shape index (κ3) is 2.77. The zero-order valence-corrected chi connectivity index (χ0v) is 14.7. The second kappa shape index (κ2) is 5.83. The molecule has 2 aromatic rings. The van der Waals surface area contributed by atoms with Gasteiger partial charge in [-0.3, -0.25) is 0 Å². The van der Waals surface area contributed by atoms with Crippen LogP contribution in [0.25, 0.3) is 10.7 Å². The number of fused-ring (bicyclic) bond motifs is 2. The van der Waals surface area contributed by atoms with Crippen LogP contribution in [0, 0.1) is 0 Å². The van der Waals surface area contributed by atoms with Crippen molar-refractivity contribution < 1.29 is 22.5 Å². The van der Waals surface area contributed by atoms with Crippen molar-refractivity contribution in [2.24, 2.45) is 0 Å². The summed E-state index contributed by atoms with van der Waals surface area (Å²) in [5.41, 5.74) is 0. The zero-order valence-electron chi connectivity index (χ0n) is 13.9. The standard InChI is InChI=1S/C14H15F3N6O2S/c1-21(2)13(24)23-6-7-3-8(23)5-22(7)12-18-4-9(26-12)10-19-11(25-20-10)14(15,16)17/h4,7-8H,3,5-6H2,1-2H3. The van der Waals surface area contributed by atoms with Gasteiger partial charge in [-0.2, -0.15) is 18.2 Å². The van der Waals surface area contributed by atoms with E-state index in [4.69, 9.17) is 0 Å². The number of rotatable bonds is 2. The summed E-state index contributed by atoms with van der Waals surface area (Å²) < 4.78 is 42.0. The number of urea groups is 1. The molecule has 140 valence electrons. The van der Waals surface area contributed by atoms with Crippen molar-refractivity contribution in [2.75, 3.05) is 32.1 Å². The number of carbonyl (C=O) groups is 1. The lowest BCUT2D eigenvalue weighted by Gasteiger charge is -2.35. The van der Waals surface area contributed by atoms with Crippen molar-refractivity contribution in [1.82, 2.24) is 24.9 Å². The second-order valence-electron chi connectivity index (χ2n) is 6.45. The number of aromatic nitrogens is 3. The van der Waals surface area contributed by atoms with Gasteiger partial charge in [-0.1, -0.05) is 16.5 Å². The third-order valence-electron chi connectivity index (χ3n) is 4.50. The Morgan fingerprint density at radius 2 is 2.12 bits per heavy atom. The molecule has 2 amide bonds. The number of alkyl halides is 3. The summed E-state index contributed by atoms with van der Waals surface area (Å²) in [4.78, 5) is 25.7. The van der Waals surface area contributed by atoms with Crippen LogP contribution in [0.4, 0.5) is 23.1 Å². The summed E-state index contributed by atoms with van der Waals surface area (Å²) in [7, 11) is 3.44. The maximum atomic E-state index is 12.6. The van der Waals surface area contributed by atoms with Crippen LogP contribution in [-0.4, -0.2) is 70.2 Å². The number of carbonyl (C=O) groups excluding carboxylic acids is 1. The molecule has 2 fully saturated rings. The largest absolute Gasteiger partial charge is 0.471 e. The fraction of sp³-hybridized carbons (Fsp3) is 0.571. The van der Waals surface area contributed by atoms with Crippen molar-refractivity contribution in [3.63, 3.8) is 0 Å². The number of hydrogen-bond donors (Lipinski definition) is 0. The quantitative estimate of drug-likeness (QED) is 0.785. The number of likely N-dealkylation sites (tertiary alicyclic amines) is 1. The number of nitrogens with zero attached hydrogens (tertiary/aromatic N) is 6. The minimum atomic E-state index is -4.67. The van der Waals surface area contributed by atoms with Crippen LogP contribution in [0.15, 0.2) is 10.7 Å². The molecule has 2 aliphatic rings. The van der Waals surface area contributed by atoms with Crippen molar-refractivity contribution in [3.05, 3.63) is 12.1 Å². The molecule has 0 radical (unpaired) electrons. The van der Waals surface area contributed by atoms with Gasteiger partial charge in [-0.15, -0.1) is 0 Å². The van der Waals surface area contributed by atoms with E-state index in [-0.39, 0.29) is 23.9 Å². The summed E-state index contributed by atoms with van der Waals surface area (Å²) in [6.07, 6.45) is -2.37. The van der Waals surface area contributed by atoms with Crippen molar-refractivity contribution >= 4 is 22.5 Å². The summed E-state index contributed by atoms with van der Waals surface area (Å²) in [5, 5.41) is 4.07. The normalized spacial score (nSPS) is 22.3. The smallest absolute Gasteiger partial charge is 0.341 e. The molecular formula is C14H15F3N6O2S. The number of thiazole rings is 1. The molecule has 2 aliphatic heterocycles. The topological polar surface area (TPSA) is 78.6 Å². The van der Waals surface area contributed by atoms with E-state index in [1.165, 1.54) is 17.5 Å². The average Bonchev–Trinajstić information content (AvgIpc) is 3.34. The fourth-order valence-corrected chi connectivity index (χ4v) is 4.25. The zero-order chi connectivity index (χ0) is 18.6. The predicted molar refractivity (Wildman–Crippen MR) is 85.7 cm³/mol. The van der Waals surface area contributed by atoms with E-state index in [1.807, 2.05) is 4.90 Å². The summed E-state index contributed by atoms with van der Waals surface area (Å²) in [6, 6.07) is 0.256. The van der Waals surface area contributed by atoms with Crippen molar-refractivity contribution in [2.45, 2.75) is 24.7 Å². The van der Waals surface area contributed by atoms with E-state index in [0.717, 1.165) is 6.42 Å². The number of piperazine rings is 1. The number of hydrogen-bond acceptors (Lipinski definition) is 7. The molecule has 26 heavy (non-hydrogen) atoms. The van der Waals surface area contributed by atoms with Gasteiger partial charge in [0.15, 0.2) is 5.13 Å². The number of halogens is 3. The molecule has 2 saturated heterocycles. The van der Waals surface area contributed by atoms with E-state index >= 15 is 0 Å². The Balaban J connectivity index is 1.49. The van der Waals surface area contributed by atoms with E-state index in [2.05, 4.69) is 24.5 Å². The first kappa shape index (κ1) is 17.1. The predicted octanol–water partition coefficient (Wildman–Crippen LogP) is 2.16. The minimum absolute atomic E-state index is 0.0107. The molecule has 12 heteroatoms. The first-order valence-electron chi connectivity index (χ1n) is 7.85. The van der Waals surface area contributed by atoms with Gasteiger partial charge in [0, 0.05) is 27.2 Å². The van der Waals surface area contributed by atoms with Gasteiger partial charge in [0.25, 0.3) is 0 Å². The highest BCUT2D eigenvalue weighted by molar-refractivity contribution is 7.18. The van der Waals surface area contributed by atoms with Crippen LogP contribution in [0.3, 0.4) is 0 Å². The van der Waals surface area contributed by atoms with Gasteiger partial charge in [-0.25, -0.2) is 9.78 Å². The van der Waals surface area contributed by atoms with Crippen LogP contribution in [-0.2, 0) is 6.18 Å². The highest BCUT2D eigenvalue weighted by atomic mass is 32.1. The van der Waals surface area contributed by atoms with Crippen molar-refractivity contribution in [1.29, 1.82) is 0 Å². The third-order valence-corrected chi connectivity index (χ3v) is 5.53. The maximum absolute atomic E-state index is 12.6. The van der Waals surface area contributed by atoms with Crippen LogP contribution in [0.2, 0.25) is 0 Å². The number of amides is 2. The Morgan fingerprint density at radius 3 is 2.69 bits per heavy atom. The highest BCUT2D eigenvalue weighted by Crippen LogP contribution is 2.39. The molecule has 2 atom stereocenters. The molecule has 4 rings (SSSR count). The maximum Gasteiger partial charge on any atom is 0.471 e. The summed E-state index contributed by atoms with van der Waals surface area (Å²) in [6.45, 7) is 1.26. The molecule has 4 heterocycles. The van der Waals surface area contributed by atoms with Crippen LogP contribution in [0.1, 0.15) is 12.3 Å². The molecule has 0 spiro atoms. The van der Waals surface area contributed by atoms with E-state index in [9.17, 15) is 18.0 Å². The second-order valence-corrected chi connectivity index (χ2v) is 7.46. The van der Waals surface area contributed by atoms with Gasteiger partial charge in [0.2, 0.25) is 5.82 Å². The summed E-state index contributed by atoms with van der Waals surface area (Å²) >= 11 is 1.21. The Hall–Kier alpha value is -2.37. The molecule has 2 bridgehead atoms. The van der Waals surface area contributed by atoms with E-state index in [0.29, 0.717) is 23.1 Å². The fourth-order valence-electron chi connectivity index (χ4n) is 3.33. The number of anilines is 1. The van der Waals surface area contributed by atoms with Crippen LogP contribution < -0.4 is 4.90 Å². The lowest BCUT2D eigenvalue weighted by Crippen LogP contribution is -2.51. The van der Waals surface area contributed by atoms with E-state index in [1.54, 1.807) is 19.0 Å². The molecular weight excluding hydrogens is 373 g/mol. The Labute approximate surface area is 150 Å². The van der Waals surface area contributed by atoms with Crippen molar-refractivity contribution in [3.8, 4) is 10.7 Å². The van der Waals surface area contributed by atoms with Crippen LogP contribution >= 0.6 is 11.3 Å². The first-order valence-corrected chi connectivity index (χ1v) is 8.67. The van der Waals surface area contributed by atoms with Gasteiger partial charge < -0.3 is 19.2 Å². The molecule has 0 aliphatic carbocycles. The lowest BCUT2D eigenvalue weighted by molar-refractivity contribution is -0.159. The minimum Gasteiger partial charge on any atom is -0.341 e. The summed E-state index contributed by atoms with van der Waals surface area (Å²) in [5.74, 6) is -1.50. The SMILES string of the molecule is CN(C)C(=O)N1CC2CC1CN2c1ncc(-c2noc(C(F)(F)F)n2)s1. The monoisotopic (exact) mass is 388 g/mol. The van der Waals surface area contributed by atoms with Gasteiger partial charge >= 0.3 is 18.1 Å². The molecule has 0 aromatic carbocycles.